The van der Waals surface area contributed by atoms with Gasteiger partial charge < -0.3 is 9.32 Å². The lowest BCUT2D eigenvalue weighted by molar-refractivity contribution is 0.669. The molecule has 10 rings (SSSR count). The predicted octanol–water partition coefficient (Wildman–Crippen LogP) is 13.3. The summed E-state index contributed by atoms with van der Waals surface area (Å²) in [6.45, 7) is 0. The number of furan rings is 1. The Kier molecular flexibility index (Phi) is 5.91. The van der Waals surface area contributed by atoms with E-state index < -0.39 is 0 Å². The van der Waals surface area contributed by atoms with E-state index in [0.717, 1.165) is 39.0 Å². The van der Waals surface area contributed by atoms with Crippen molar-refractivity contribution < 1.29 is 4.42 Å². The van der Waals surface area contributed by atoms with Crippen molar-refractivity contribution in [3.63, 3.8) is 0 Å². The number of fused-ring (bicyclic) bond motifs is 9. The van der Waals surface area contributed by atoms with Crippen LogP contribution in [-0.4, -0.2) is 0 Å². The molecule has 0 fully saturated rings. The summed E-state index contributed by atoms with van der Waals surface area (Å²) in [5, 5.41) is 12.1. The number of benzene rings is 9. The van der Waals surface area contributed by atoms with Gasteiger partial charge in [-0.25, -0.2) is 0 Å². The van der Waals surface area contributed by atoms with E-state index in [1.165, 1.54) is 54.2 Å². The molecule has 0 aliphatic heterocycles. The maximum Gasteiger partial charge on any atom is 0.160 e. The summed E-state index contributed by atoms with van der Waals surface area (Å²) in [5.74, 6) is 0. The van der Waals surface area contributed by atoms with Crippen molar-refractivity contribution >= 4 is 82.1 Å². The zero-order chi connectivity index (χ0) is 31.6. The number of anilines is 3. The zero-order valence-corrected chi connectivity index (χ0v) is 26.1. The standard InChI is InChI=1S/C46H29NO/c1-4-14-37-30(10-1)13-9-18-38(37)32-22-25-35(26-23-32)47(36-27-24-33-21-20-31-11-2-5-15-39(31)42(33)29-36)43-28-34-12-3-6-16-40(34)45-41-17-7-8-19-44(41)48-46(43)45/h1-29H. The summed E-state index contributed by atoms with van der Waals surface area (Å²) in [7, 11) is 0. The van der Waals surface area contributed by atoms with E-state index in [-0.39, 0.29) is 0 Å². The van der Waals surface area contributed by atoms with E-state index >= 15 is 0 Å². The topological polar surface area (TPSA) is 16.4 Å². The van der Waals surface area contributed by atoms with Gasteiger partial charge in [0.05, 0.1) is 5.69 Å². The lowest BCUT2D eigenvalue weighted by atomic mass is 9.97. The van der Waals surface area contributed by atoms with Crippen molar-refractivity contribution in [2.75, 3.05) is 4.90 Å². The molecule has 0 aliphatic carbocycles. The van der Waals surface area contributed by atoms with Gasteiger partial charge in [0.1, 0.15) is 5.58 Å². The van der Waals surface area contributed by atoms with E-state index in [2.05, 4.69) is 175 Å². The lowest BCUT2D eigenvalue weighted by Crippen LogP contribution is -2.10. The lowest BCUT2D eigenvalue weighted by Gasteiger charge is -2.27. The van der Waals surface area contributed by atoms with Crippen LogP contribution in [0, 0.1) is 0 Å². The minimum atomic E-state index is 0.881. The third kappa shape index (κ3) is 4.13. The van der Waals surface area contributed by atoms with Crippen LogP contribution in [0.3, 0.4) is 0 Å². The van der Waals surface area contributed by atoms with Crippen molar-refractivity contribution in [2.24, 2.45) is 0 Å². The Morgan fingerprint density at radius 3 is 1.77 bits per heavy atom. The van der Waals surface area contributed by atoms with Crippen molar-refractivity contribution in [2.45, 2.75) is 0 Å². The average Bonchev–Trinajstić information content (AvgIpc) is 3.55. The normalized spacial score (nSPS) is 11.8. The van der Waals surface area contributed by atoms with Crippen LogP contribution < -0.4 is 4.90 Å². The van der Waals surface area contributed by atoms with Crippen LogP contribution in [0.25, 0.3) is 76.2 Å². The molecule has 48 heavy (non-hydrogen) atoms. The van der Waals surface area contributed by atoms with Gasteiger partial charge in [-0.2, -0.15) is 0 Å². The molecular weight excluding hydrogens is 583 g/mol. The predicted molar refractivity (Wildman–Crippen MR) is 204 cm³/mol. The highest BCUT2D eigenvalue weighted by Gasteiger charge is 2.22. The Bertz CT molecular complexity index is 2840. The second-order valence-electron chi connectivity index (χ2n) is 12.5. The van der Waals surface area contributed by atoms with Gasteiger partial charge in [0.25, 0.3) is 0 Å². The molecule has 1 heterocycles. The van der Waals surface area contributed by atoms with Crippen LogP contribution in [0.5, 0.6) is 0 Å². The SMILES string of the molecule is c1ccc2c(-c3ccc(N(c4ccc5ccc6ccccc6c5c4)c4cc5ccccc5c5c4oc4ccccc45)cc3)cccc2c1. The van der Waals surface area contributed by atoms with Crippen molar-refractivity contribution in [3.05, 3.63) is 176 Å². The third-order valence-electron chi connectivity index (χ3n) is 9.81. The fraction of sp³-hybridized carbons (Fsp3) is 0. The Morgan fingerprint density at radius 1 is 0.375 bits per heavy atom. The molecule has 9 aromatic carbocycles. The summed E-state index contributed by atoms with van der Waals surface area (Å²) in [6.07, 6.45) is 0. The maximum absolute atomic E-state index is 6.77. The molecule has 1 aromatic heterocycles. The Balaban J connectivity index is 1.25. The van der Waals surface area contributed by atoms with E-state index in [1.54, 1.807) is 0 Å². The zero-order valence-electron chi connectivity index (χ0n) is 26.1. The molecule has 0 aliphatic rings. The van der Waals surface area contributed by atoms with Gasteiger partial charge >= 0.3 is 0 Å². The third-order valence-corrected chi connectivity index (χ3v) is 9.81. The quantitative estimate of drug-likeness (QED) is 0.184. The summed E-state index contributed by atoms with van der Waals surface area (Å²) in [5.41, 5.74) is 7.34. The van der Waals surface area contributed by atoms with Crippen molar-refractivity contribution in [1.82, 2.24) is 0 Å². The highest BCUT2D eigenvalue weighted by molar-refractivity contribution is 6.23. The molecule has 224 valence electrons. The summed E-state index contributed by atoms with van der Waals surface area (Å²) in [6, 6.07) is 63.3. The Morgan fingerprint density at radius 2 is 0.958 bits per heavy atom. The maximum atomic E-state index is 6.77. The van der Waals surface area contributed by atoms with E-state index in [4.69, 9.17) is 4.42 Å². The summed E-state index contributed by atoms with van der Waals surface area (Å²) >= 11 is 0. The minimum absolute atomic E-state index is 0.881. The highest BCUT2D eigenvalue weighted by atomic mass is 16.3. The first-order valence-electron chi connectivity index (χ1n) is 16.4. The molecule has 0 saturated carbocycles. The molecule has 0 N–H and O–H groups in total. The average molecular weight is 612 g/mol. The smallest absolute Gasteiger partial charge is 0.160 e. The molecule has 2 nitrogen and oxygen atoms in total. The number of hydrogen-bond acceptors (Lipinski definition) is 2. The van der Waals surface area contributed by atoms with Gasteiger partial charge in [-0.15, -0.1) is 0 Å². The highest BCUT2D eigenvalue weighted by Crippen LogP contribution is 2.46. The molecule has 0 saturated heterocycles. The van der Waals surface area contributed by atoms with Gasteiger partial charge in [0.2, 0.25) is 0 Å². The first kappa shape index (κ1) is 26.8. The molecule has 2 heteroatoms. The van der Waals surface area contributed by atoms with Gasteiger partial charge in [0, 0.05) is 22.1 Å². The largest absolute Gasteiger partial charge is 0.454 e. The fourth-order valence-electron chi connectivity index (χ4n) is 7.55. The van der Waals surface area contributed by atoms with Crippen LogP contribution in [0.1, 0.15) is 0 Å². The van der Waals surface area contributed by atoms with Gasteiger partial charge in [0.15, 0.2) is 5.58 Å². The number of para-hydroxylation sites is 1. The molecule has 0 amide bonds. The number of nitrogens with zero attached hydrogens (tertiary/aromatic N) is 1. The molecule has 0 spiro atoms. The van der Waals surface area contributed by atoms with Gasteiger partial charge in [-0.3, -0.25) is 0 Å². The van der Waals surface area contributed by atoms with Gasteiger partial charge in [-0.1, -0.05) is 140 Å². The number of rotatable bonds is 4. The van der Waals surface area contributed by atoms with Gasteiger partial charge in [-0.05, 0) is 90.6 Å². The van der Waals surface area contributed by atoms with Crippen LogP contribution in [0.4, 0.5) is 17.1 Å². The first-order chi connectivity index (χ1) is 23.8. The molecule has 10 aromatic rings. The Hall–Kier alpha value is -6.38. The van der Waals surface area contributed by atoms with Crippen LogP contribution >= 0.6 is 0 Å². The summed E-state index contributed by atoms with van der Waals surface area (Å²) in [4.78, 5) is 2.37. The molecule has 0 atom stereocenters. The molecular formula is C46H29NO. The summed E-state index contributed by atoms with van der Waals surface area (Å²) < 4.78 is 6.77. The van der Waals surface area contributed by atoms with Crippen LogP contribution in [-0.2, 0) is 0 Å². The fourth-order valence-corrected chi connectivity index (χ4v) is 7.55. The van der Waals surface area contributed by atoms with Crippen molar-refractivity contribution in [3.8, 4) is 11.1 Å². The molecule has 0 bridgehead atoms. The van der Waals surface area contributed by atoms with Crippen LogP contribution in [0.2, 0.25) is 0 Å². The van der Waals surface area contributed by atoms with E-state index in [9.17, 15) is 0 Å². The second kappa shape index (κ2) is 10.6. The minimum Gasteiger partial charge on any atom is -0.454 e. The Labute approximate surface area is 277 Å². The molecule has 0 unspecified atom stereocenters. The van der Waals surface area contributed by atoms with E-state index in [0.29, 0.717) is 0 Å². The molecule has 0 radical (unpaired) electrons. The van der Waals surface area contributed by atoms with E-state index in [1.807, 2.05) is 6.07 Å². The van der Waals surface area contributed by atoms with Crippen molar-refractivity contribution in [1.29, 1.82) is 0 Å². The van der Waals surface area contributed by atoms with Crippen LogP contribution in [0.15, 0.2) is 180 Å². The first-order valence-corrected chi connectivity index (χ1v) is 16.4. The number of hydrogen-bond donors (Lipinski definition) is 0. The second-order valence-corrected chi connectivity index (χ2v) is 12.5. The monoisotopic (exact) mass is 611 g/mol.